The summed E-state index contributed by atoms with van der Waals surface area (Å²) in [5.74, 6) is 0.623. The molecular formula is C16H21NS. The van der Waals surface area contributed by atoms with Gasteiger partial charge in [-0.05, 0) is 52.3 Å². The van der Waals surface area contributed by atoms with Crippen LogP contribution in [0.1, 0.15) is 54.5 Å². The van der Waals surface area contributed by atoms with Crippen molar-refractivity contribution in [3.63, 3.8) is 0 Å². The zero-order chi connectivity index (χ0) is 13.1. The predicted molar refractivity (Wildman–Crippen MR) is 80.2 cm³/mol. The Labute approximate surface area is 114 Å². The first kappa shape index (κ1) is 13.3. The van der Waals surface area contributed by atoms with Crippen LogP contribution in [0.5, 0.6) is 0 Å². The van der Waals surface area contributed by atoms with Crippen LogP contribution < -0.4 is 5.73 Å². The molecule has 0 fully saturated rings. The number of thiophene rings is 1. The topological polar surface area (TPSA) is 26.0 Å². The summed E-state index contributed by atoms with van der Waals surface area (Å²) < 4.78 is 0. The van der Waals surface area contributed by atoms with E-state index in [0.717, 1.165) is 0 Å². The Morgan fingerprint density at radius 2 is 1.72 bits per heavy atom. The second-order valence-corrected chi connectivity index (χ2v) is 5.71. The van der Waals surface area contributed by atoms with Gasteiger partial charge in [-0.15, -0.1) is 0 Å². The maximum absolute atomic E-state index is 6.33. The van der Waals surface area contributed by atoms with E-state index < -0.39 is 0 Å². The maximum atomic E-state index is 6.33. The minimum absolute atomic E-state index is 0.00207. The molecule has 1 aromatic heterocycles. The van der Waals surface area contributed by atoms with Gasteiger partial charge in [0.2, 0.25) is 0 Å². The van der Waals surface area contributed by atoms with Gasteiger partial charge in [-0.1, -0.05) is 38.1 Å². The molecule has 96 valence electrons. The lowest BCUT2D eigenvalue weighted by atomic mass is 9.94. The van der Waals surface area contributed by atoms with Gasteiger partial charge in [0.05, 0.1) is 6.04 Å². The minimum atomic E-state index is 0.00207. The molecule has 1 nitrogen and oxygen atoms in total. The highest BCUT2D eigenvalue weighted by Gasteiger charge is 2.12. The van der Waals surface area contributed by atoms with Crippen LogP contribution in [0, 0.1) is 6.92 Å². The Morgan fingerprint density at radius 1 is 1.11 bits per heavy atom. The van der Waals surface area contributed by atoms with E-state index in [1.165, 1.54) is 28.7 Å². The summed E-state index contributed by atoms with van der Waals surface area (Å²) in [4.78, 5) is 0. The molecule has 0 bridgehead atoms. The quantitative estimate of drug-likeness (QED) is 0.852. The average molecular weight is 259 g/mol. The summed E-state index contributed by atoms with van der Waals surface area (Å²) in [7, 11) is 0. The van der Waals surface area contributed by atoms with Gasteiger partial charge in [0.1, 0.15) is 0 Å². The van der Waals surface area contributed by atoms with E-state index >= 15 is 0 Å². The Balaban J connectivity index is 2.22. The van der Waals surface area contributed by atoms with Crippen LogP contribution in [0.3, 0.4) is 0 Å². The molecule has 0 radical (unpaired) electrons. The highest BCUT2D eigenvalue weighted by atomic mass is 32.1. The van der Waals surface area contributed by atoms with Crippen LogP contribution in [-0.4, -0.2) is 0 Å². The molecule has 2 N–H and O–H groups in total. The Hall–Kier alpha value is -1.12. The van der Waals surface area contributed by atoms with Crippen molar-refractivity contribution < 1.29 is 0 Å². The van der Waals surface area contributed by atoms with E-state index in [1.807, 2.05) is 0 Å². The lowest BCUT2D eigenvalue weighted by molar-refractivity contribution is 0.732. The lowest BCUT2D eigenvalue weighted by Gasteiger charge is -2.14. The van der Waals surface area contributed by atoms with Gasteiger partial charge in [-0.3, -0.25) is 0 Å². The monoisotopic (exact) mass is 259 g/mol. The molecule has 2 heteroatoms. The van der Waals surface area contributed by atoms with Gasteiger partial charge >= 0.3 is 0 Å². The SMILES string of the molecule is CCC(C)c1ccc(C(N)c2cscc2C)cc1. The third-order valence-corrected chi connectivity index (χ3v) is 4.59. The van der Waals surface area contributed by atoms with Gasteiger partial charge in [0.15, 0.2) is 0 Å². The number of rotatable bonds is 4. The fourth-order valence-electron chi connectivity index (χ4n) is 2.14. The second kappa shape index (κ2) is 5.68. The summed E-state index contributed by atoms with van der Waals surface area (Å²) in [6.07, 6.45) is 1.18. The van der Waals surface area contributed by atoms with Crippen LogP contribution in [-0.2, 0) is 0 Å². The van der Waals surface area contributed by atoms with Crippen molar-refractivity contribution in [2.75, 3.05) is 0 Å². The van der Waals surface area contributed by atoms with Crippen LogP contribution in [0.2, 0.25) is 0 Å². The standard InChI is InChI=1S/C16H21NS/c1-4-11(2)13-5-7-14(8-6-13)16(17)15-10-18-9-12(15)3/h5-11,16H,4,17H2,1-3H3. The fourth-order valence-corrected chi connectivity index (χ4v) is 3.02. The molecule has 2 rings (SSSR count). The molecule has 0 saturated carbocycles. The zero-order valence-electron chi connectivity index (χ0n) is 11.3. The first-order valence-electron chi connectivity index (χ1n) is 6.51. The summed E-state index contributed by atoms with van der Waals surface area (Å²) >= 11 is 1.72. The lowest BCUT2D eigenvalue weighted by Crippen LogP contribution is -2.12. The van der Waals surface area contributed by atoms with Crippen LogP contribution in [0.25, 0.3) is 0 Å². The van der Waals surface area contributed by atoms with Gasteiger partial charge in [0.25, 0.3) is 0 Å². The smallest absolute Gasteiger partial charge is 0.0562 e. The second-order valence-electron chi connectivity index (χ2n) is 4.96. The Bertz CT molecular complexity index is 498. The number of hydrogen-bond acceptors (Lipinski definition) is 2. The first-order valence-corrected chi connectivity index (χ1v) is 7.45. The van der Waals surface area contributed by atoms with Crippen LogP contribution in [0.4, 0.5) is 0 Å². The number of hydrogen-bond donors (Lipinski definition) is 1. The third kappa shape index (κ3) is 2.65. The van der Waals surface area contributed by atoms with E-state index in [0.29, 0.717) is 5.92 Å². The molecule has 0 aliphatic rings. The molecule has 0 saturated heterocycles. The van der Waals surface area contributed by atoms with Crippen molar-refractivity contribution >= 4 is 11.3 Å². The fraction of sp³-hybridized carbons (Fsp3) is 0.375. The van der Waals surface area contributed by atoms with Crippen molar-refractivity contribution in [1.82, 2.24) is 0 Å². The van der Waals surface area contributed by atoms with Gasteiger partial charge < -0.3 is 5.73 Å². The molecule has 2 unspecified atom stereocenters. The Kier molecular flexibility index (Phi) is 4.20. The van der Waals surface area contributed by atoms with E-state index in [-0.39, 0.29) is 6.04 Å². The van der Waals surface area contributed by atoms with Crippen LogP contribution >= 0.6 is 11.3 Å². The van der Waals surface area contributed by atoms with Gasteiger partial charge in [-0.25, -0.2) is 0 Å². The molecule has 1 aromatic carbocycles. The number of nitrogens with two attached hydrogens (primary N) is 1. The average Bonchev–Trinajstić information content (AvgIpc) is 2.83. The van der Waals surface area contributed by atoms with Gasteiger partial charge in [-0.2, -0.15) is 11.3 Å². The number of aryl methyl sites for hydroxylation is 1. The largest absolute Gasteiger partial charge is 0.320 e. The highest BCUT2D eigenvalue weighted by Crippen LogP contribution is 2.27. The molecule has 0 spiro atoms. The molecular weight excluding hydrogens is 238 g/mol. The molecule has 0 amide bonds. The normalized spacial score (nSPS) is 14.4. The molecule has 18 heavy (non-hydrogen) atoms. The van der Waals surface area contributed by atoms with Crippen molar-refractivity contribution in [3.05, 3.63) is 57.3 Å². The summed E-state index contributed by atoms with van der Waals surface area (Å²) in [5.41, 5.74) is 11.5. The van der Waals surface area contributed by atoms with E-state index in [2.05, 4.69) is 55.8 Å². The predicted octanol–water partition coefficient (Wildman–Crippen LogP) is 4.62. The van der Waals surface area contributed by atoms with Crippen molar-refractivity contribution in [3.8, 4) is 0 Å². The summed E-state index contributed by atoms with van der Waals surface area (Å²) in [6.45, 7) is 6.61. The minimum Gasteiger partial charge on any atom is -0.320 e. The van der Waals surface area contributed by atoms with E-state index in [9.17, 15) is 0 Å². The van der Waals surface area contributed by atoms with Crippen molar-refractivity contribution in [2.24, 2.45) is 5.73 Å². The Morgan fingerprint density at radius 3 is 2.22 bits per heavy atom. The van der Waals surface area contributed by atoms with Crippen LogP contribution in [0.15, 0.2) is 35.0 Å². The summed E-state index contributed by atoms with van der Waals surface area (Å²) in [6, 6.07) is 8.77. The first-order chi connectivity index (χ1) is 8.63. The molecule has 1 heterocycles. The van der Waals surface area contributed by atoms with Crippen molar-refractivity contribution in [1.29, 1.82) is 0 Å². The molecule has 2 aromatic rings. The molecule has 2 atom stereocenters. The maximum Gasteiger partial charge on any atom is 0.0562 e. The zero-order valence-corrected chi connectivity index (χ0v) is 12.1. The number of benzene rings is 1. The van der Waals surface area contributed by atoms with Crippen molar-refractivity contribution in [2.45, 2.75) is 39.2 Å². The van der Waals surface area contributed by atoms with E-state index in [4.69, 9.17) is 5.73 Å². The molecule has 0 aliphatic carbocycles. The van der Waals surface area contributed by atoms with Gasteiger partial charge in [0, 0.05) is 0 Å². The summed E-state index contributed by atoms with van der Waals surface area (Å²) in [5, 5.41) is 4.31. The van der Waals surface area contributed by atoms with E-state index in [1.54, 1.807) is 11.3 Å². The highest BCUT2D eigenvalue weighted by molar-refractivity contribution is 7.08. The third-order valence-electron chi connectivity index (χ3n) is 3.71. The molecule has 0 aliphatic heterocycles.